The van der Waals surface area contributed by atoms with E-state index in [4.69, 9.17) is 4.74 Å². The number of aliphatic hydroxyl groups excluding tert-OH is 1. The van der Waals surface area contributed by atoms with Gasteiger partial charge in [0.15, 0.2) is 0 Å². The summed E-state index contributed by atoms with van der Waals surface area (Å²) in [5, 5.41) is 9.88. The summed E-state index contributed by atoms with van der Waals surface area (Å²) in [6.07, 6.45) is -0.757. The number of hydrogen-bond acceptors (Lipinski definition) is 2. The molecule has 0 amide bonds. The third-order valence-corrected chi connectivity index (χ3v) is 2.69. The normalized spacial score (nSPS) is 14.6. The van der Waals surface area contributed by atoms with Gasteiger partial charge in [-0.2, -0.15) is 0 Å². The number of benzene rings is 1. The smallest absolute Gasteiger partial charge is 0.129 e. The molecule has 1 aromatic rings. The van der Waals surface area contributed by atoms with Crippen molar-refractivity contribution in [2.24, 2.45) is 0 Å². The maximum Gasteiger partial charge on any atom is 0.129 e. The Morgan fingerprint density at radius 2 is 1.82 bits per heavy atom. The second-order valence-corrected chi connectivity index (χ2v) is 3.87. The Hall–Kier alpha value is -1.00. The molecule has 1 aromatic carbocycles. The highest BCUT2D eigenvalue weighted by molar-refractivity contribution is 5.20. The molecule has 1 N–H and O–H groups in total. The summed E-state index contributed by atoms with van der Waals surface area (Å²) < 4.78 is 32.1. The fourth-order valence-electron chi connectivity index (χ4n) is 1.78. The summed E-state index contributed by atoms with van der Waals surface area (Å²) in [5.41, 5.74) is -0.0850. The van der Waals surface area contributed by atoms with Gasteiger partial charge in [0.25, 0.3) is 0 Å². The van der Waals surface area contributed by atoms with Gasteiger partial charge in [0.1, 0.15) is 11.6 Å². The summed E-state index contributed by atoms with van der Waals surface area (Å²) in [4.78, 5) is 0. The molecule has 2 unspecified atom stereocenters. The highest BCUT2D eigenvalue weighted by Gasteiger charge is 2.21. The Kier molecular flexibility index (Phi) is 5.51. The monoisotopic (exact) mass is 244 g/mol. The van der Waals surface area contributed by atoms with E-state index in [1.807, 2.05) is 13.8 Å². The molecule has 1 rings (SSSR count). The third-order valence-electron chi connectivity index (χ3n) is 2.69. The molecule has 0 radical (unpaired) electrons. The maximum absolute atomic E-state index is 13.4. The van der Waals surface area contributed by atoms with Crippen LogP contribution < -0.4 is 0 Å². The van der Waals surface area contributed by atoms with Crippen LogP contribution in [0.5, 0.6) is 0 Å². The van der Waals surface area contributed by atoms with Crippen LogP contribution in [0.4, 0.5) is 8.78 Å². The Labute approximate surface area is 100 Å². The van der Waals surface area contributed by atoms with Crippen LogP contribution in [0.3, 0.4) is 0 Å². The zero-order valence-corrected chi connectivity index (χ0v) is 10.1. The minimum atomic E-state index is -0.897. The van der Waals surface area contributed by atoms with E-state index >= 15 is 0 Å². The van der Waals surface area contributed by atoms with Crippen molar-refractivity contribution in [3.63, 3.8) is 0 Å². The first-order chi connectivity index (χ1) is 8.10. The summed E-state index contributed by atoms with van der Waals surface area (Å²) in [5.74, 6) is -1.26. The van der Waals surface area contributed by atoms with E-state index in [1.54, 1.807) is 0 Å². The van der Waals surface area contributed by atoms with Crippen LogP contribution in [0.2, 0.25) is 0 Å². The topological polar surface area (TPSA) is 29.5 Å². The van der Waals surface area contributed by atoms with E-state index < -0.39 is 17.7 Å². The molecule has 0 aromatic heterocycles. The minimum Gasteiger partial charge on any atom is -0.390 e. The SMILES string of the molecule is CCOC(CC)C(O)Cc1c(F)cccc1F. The fourth-order valence-corrected chi connectivity index (χ4v) is 1.78. The molecule has 0 saturated carbocycles. The van der Waals surface area contributed by atoms with Gasteiger partial charge in [-0.25, -0.2) is 8.78 Å². The van der Waals surface area contributed by atoms with Crippen molar-refractivity contribution in [2.75, 3.05) is 6.61 Å². The zero-order chi connectivity index (χ0) is 12.8. The van der Waals surface area contributed by atoms with Crippen molar-refractivity contribution >= 4 is 0 Å². The van der Waals surface area contributed by atoms with Crippen molar-refractivity contribution in [3.05, 3.63) is 35.4 Å². The molecule has 2 atom stereocenters. The predicted molar refractivity (Wildman–Crippen MR) is 61.8 cm³/mol. The Balaban J connectivity index is 2.76. The van der Waals surface area contributed by atoms with Crippen molar-refractivity contribution < 1.29 is 18.6 Å². The lowest BCUT2D eigenvalue weighted by Gasteiger charge is -2.21. The molecule has 0 aliphatic rings. The lowest BCUT2D eigenvalue weighted by atomic mass is 10.0. The first-order valence-corrected chi connectivity index (χ1v) is 5.82. The van der Waals surface area contributed by atoms with Crippen LogP contribution in [0, 0.1) is 11.6 Å². The number of rotatable bonds is 6. The van der Waals surface area contributed by atoms with Crippen LogP contribution in [0.25, 0.3) is 0 Å². The molecule has 0 heterocycles. The molecule has 4 heteroatoms. The largest absolute Gasteiger partial charge is 0.390 e. The highest BCUT2D eigenvalue weighted by atomic mass is 19.1. The lowest BCUT2D eigenvalue weighted by Crippen LogP contribution is -2.31. The average molecular weight is 244 g/mol. The molecular weight excluding hydrogens is 226 g/mol. The van der Waals surface area contributed by atoms with Gasteiger partial charge in [-0.1, -0.05) is 13.0 Å². The van der Waals surface area contributed by atoms with E-state index in [2.05, 4.69) is 0 Å². The van der Waals surface area contributed by atoms with Gasteiger partial charge in [0.2, 0.25) is 0 Å². The molecule has 17 heavy (non-hydrogen) atoms. The summed E-state index contributed by atoms with van der Waals surface area (Å²) >= 11 is 0. The van der Waals surface area contributed by atoms with E-state index in [0.717, 1.165) is 0 Å². The quantitative estimate of drug-likeness (QED) is 0.833. The van der Waals surface area contributed by atoms with E-state index in [-0.39, 0.29) is 18.1 Å². The summed E-state index contributed by atoms with van der Waals surface area (Å²) in [6.45, 7) is 4.15. The third kappa shape index (κ3) is 3.75. The second kappa shape index (κ2) is 6.67. The maximum atomic E-state index is 13.4. The zero-order valence-electron chi connectivity index (χ0n) is 10.1. The standard InChI is InChI=1S/C13H18F2O2/c1-3-13(17-4-2)12(16)8-9-10(14)6-5-7-11(9)15/h5-7,12-13,16H,3-4,8H2,1-2H3. The first kappa shape index (κ1) is 14.1. The summed E-state index contributed by atoms with van der Waals surface area (Å²) in [7, 11) is 0. The number of aliphatic hydroxyl groups is 1. The van der Waals surface area contributed by atoms with Crippen LogP contribution in [0.1, 0.15) is 25.8 Å². The Bertz CT molecular complexity index is 335. The van der Waals surface area contributed by atoms with Gasteiger partial charge in [0.05, 0.1) is 12.2 Å². The average Bonchev–Trinajstić information content (AvgIpc) is 2.30. The Morgan fingerprint density at radius 1 is 1.24 bits per heavy atom. The molecule has 96 valence electrons. The molecular formula is C13H18F2O2. The molecule has 2 nitrogen and oxygen atoms in total. The molecule has 0 aliphatic heterocycles. The van der Waals surface area contributed by atoms with Gasteiger partial charge in [-0.3, -0.25) is 0 Å². The molecule has 0 bridgehead atoms. The van der Waals surface area contributed by atoms with E-state index in [1.165, 1.54) is 18.2 Å². The molecule has 0 saturated heterocycles. The van der Waals surface area contributed by atoms with Gasteiger partial charge >= 0.3 is 0 Å². The van der Waals surface area contributed by atoms with Crippen LogP contribution >= 0.6 is 0 Å². The predicted octanol–water partition coefficient (Wildman–Crippen LogP) is 2.68. The number of ether oxygens (including phenoxy) is 1. The molecule has 0 aliphatic carbocycles. The van der Waals surface area contributed by atoms with Crippen molar-refractivity contribution in [1.82, 2.24) is 0 Å². The van der Waals surface area contributed by atoms with Crippen molar-refractivity contribution in [1.29, 1.82) is 0 Å². The van der Waals surface area contributed by atoms with E-state index in [0.29, 0.717) is 13.0 Å². The van der Waals surface area contributed by atoms with Gasteiger partial charge in [0, 0.05) is 18.6 Å². The van der Waals surface area contributed by atoms with Gasteiger partial charge in [-0.15, -0.1) is 0 Å². The van der Waals surface area contributed by atoms with Gasteiger partial charge in [-0.05, 0) is 25.5 Å². The van der Waals surface area contributed by atoms with E-state index in [9.17, 15) is 13.9 Å². The molecule has 0 spiro atoms. The van der Waals surface area contributed by atoms with Gasteiger partial charge < -0.3 is 9.84 Å². The minimum absolute atomic E-state index is 0.0724. The lowest BCUT2D eigenvalue weighted by molar-refractivity contribution is -0.0340. The number of hydrogen-bond donors (Lipinski definition) is 1. The molecule has 0 fully saturated rings. The van der Waals surface area contributed by atoms with Crippen molar-refractivity contribution in [3.8, 4) is 0 Å². The Morgan fingerprint density at radius 3 is 2.29 bits per heavy atom. The van der Waals surface area contributed by atoms with Crippen LogP contribution in [-0.4, -0.2) is 23.9 Å². The second-order valence-electron chi connectivity index (χ2n) is 3.87. The van der Waals surface area contributed by atoms with Crippen molar-refractivity contribution in [2.45, 2.75) is 38.9 Å². The highest BCUT2D eigenvalue weighted by Crippen LogP contribution is 2.17. The van der Waals surface area contributed by atoms with Crippen LogP contribution in [-0.2, 0) is 11.2 Å². The number of halogens is 2. The first-order valence-electron chi connectivity index (χ1n) is 5.82. The van der Waals surface area contributed by atoms with Crippen LogP contribution in [0.15, 0.2) is 18.2 Å². The fraction of sp³-hybridized carbons (Fsp3) is 0.538. The summed E-state index contributed by atoms with van der Waals surface area (Å²) in [6, 6.07) is 3.68.